The van der Waals surface area contributed by atoms with Gasteiger partial charge in [0.1, 0.15) is 16.5 Å². The van der Waals surface area contributed by atoms with E-state index in [1.165, 1.54) is 0 Å². The Bertz CT molecular complexity index is 984. The van der Waals surface area contributed by atoms with Gasteiger partial charge in [-0.2, -0.15) is 9.57 Å². The minimum absolute atomic E-state index is 0.144. The van der Waals surface area contributed by atoms with Crippen LogP contribution >= 0.6 is 15.9 Å². The SMILES string of the molecule is N#Cc1ccc(N2CCN(S(=O)(=O)c3cc(F)ccc3F)CC2)c(Br)c1. The minimum atomic E-state index is -4.10. The second-order valence-electron chi connectivity index (χ2n) is 5.74. The lowest BCUT2D eigenvalue weighted by Crippen LogP contribution is -2.49. The molecule has 1 saturated heterocycles. The highest BCUT2D eigenvalue weighted by atomic mass is 79.9. The number of benzene rings is 2. The van der Waals surface area contributed by atoms with E-state index in [9.17, 15) is 17.2 Å². The summed E-state index contributed by atoms with van der Waals surface area (Å²) in [5.41, 5.74) is 1.36. The van der Waals surface area contributed by atoms with Crippen LogP contribution in [0.4, 0.5) is 14.5 Å². The normalized spacial score (nSPS) is 15.7. The minimum Gasteiger partial charge on any atom is -0.368 e. The van der Waals surface area contributed by atoms with Gasteiger partial charge in [-0.15, -0.1) is 0 Å². The average molecular weight is 442 g/mol. The fraction of sp³-hybridized carbons (Fsp3) is 0.235. The van der Waals surface area contributed by atoms with E-state index in [-0.39, 0.29) is 13.1 Å². The zero-order valence-electron chi connectivity index (χ0n) is 13.5. The number of nitriles is 1. The summed E-state index contributed by atoms with van der Waals surface area (Å²) in [7, 11) is -4.10. The van der Waals surface area contributed by atoms with Crippen molar-refractivity contribution in [1.82, 2.24) is 4.31 Å². The van der Waals surface area contributed by atoms with Crippen LogP contribution in [0.2, 0.25) is 0 Å². The van der Waals surface area contributed by atoms with Crippen LogP contribution in [0, 0.1) is 23.0 Å². The van der Waals surface area contributed by atoms with Gasteiger partial charge in [-0.1, -0.05) is 0 Å². The Labute approximate surface area is 158 Å². The topological polar surface area (TPSA) is 64.4 Å². The molecule has 1 aliphatic rings. The quantitative estimate of drug-likeness (QED) is 0.733. The highest BCUT2D eigenvalue weighted by molar-refractivity contribution is 9.10. The van der Waals surface area contributed by atoms with Crippen LogP contribution in [0.15, 0.2) is 45.8 Å². The molecule has 136 valence electrons. The van der Waals surface area contributed by atoms with Crippen molar-refractivity contribution in [3.8, 4) is 6.07 Å². The Morgan fingerprint density at radius 2 is 1.73 bits per heavy atom. The van der Waals surface area contributed by atoms with E-state index in [0.29, 0.717) is 24.7 Å². The molecule has 0 N–H and O–H groups in total. The molecule has 1 aliphatic heterocycles. The first-order valence-electron chi connectivity index (χ1n) is 7.73. The molecule has 0 amide bonds. The molecule has 0 aromatic heterocycles. The Hall–Kier alpha value is -2.02. The second-order valence-corrected chi connectivity index (χ2v) is 8.50. The number of hydrogen-bond acceptors (Lipinski definition) is 4. The van der Waals surface area contributed by atoms with Crippen molar-refractivity contribution in [1.29, 1.82) is 5.26 Å². The molecule has 9 heteroatoms. The maximum Gasteiger partial charge on any atom is 0.246 e. The van der Waals surface area contributed by atoms with Crippen molar-refractivity contribution in [3.05, 3.63) is 58.1 Å². The third kappa shape index (κ3) is 3.58. The molecular weight excluding hydrogens is 428 g/mol. The van der Waals surface area contributed by atoms with Gasteiger partial charge in [-0.3, -0.25) is 0 Å². The van der Waals surface area contributed by atoms with Crippen molar-refractivity contribution in [2.45, 2.75) is 4.90 Å². The summed E-state index contributed by atoms with van der Waals surface area (Å²) in [6.07, 6.45) is 0. The van der Waals surface area contributed by atoms with Crippen molar-refractivity contribution < 1.29 is 17.2 Å². The Morgan fingerprint density at radius 3 is 2.35 bits per heavy atom. The fourth-order valence-electron chi connectivity index (χ4n) is 2.82. The summed E-state index contributed by atoms with van der Waals surface area (Å²) in [6, 6.07) is 9.62. The molecule has 1 heterocycles. The zero-order chi connectivity index (χ0) is 18.9. The van der Waals surface area contributed by atoms with Crippen molar-refractivity contribution in [3.63, 3.8) is 0 Å². The van der Waals surface area contributed by atoms with E-state index in [4.69, 9.17) is 5.26 Å². The third-order valence-electron chi connectivity index (χ3n) is 4.17. The predicted molar refractivity (Wildman–Crippen MR) is 96.2 cm³/mol. The van der Waals surface area contributed by atoms with Gasteiger partial charge in [0.2, 0.25) is 10.0 Å². The predicted octanol–water partition coefficient (Wildman–Crippen LogP) is 3.11. The number of nitrogens with zero attached hydrogens (tertiary/aromatic N) is 3. The molecule has 0 aliphatic carbocycles. The Morgan fingerprint density at radius 1 is 1.04 bits per heavy atom. The van der Waals surface area contributed by atoms with Gasteiger partial charge in [0.15, 0.2) is 0 Å². The van der Waals surface area contributed by atoms with Gasteiger partial charge in [0, 0.05) is 30.7 Å². The van der Waals surface area contributed by atoms with Crippen LogP contribution < -0.4 is 4.90 Å². The molecule has 5 nitrogen and oxygen atoms in total. The molecule has 0 spiro atoms. The summed E-state index contributed by atoms with van der Waals surface area (Å²) in [6.45, 7) is 1.07. The molecule has 1 fully saturated rings. The van der Waals surface area contributed by atoms with E-state index < -0.39 is 26.6 Å². The maximum atomic E-state index is 13.9. The largest absolute Gasteiger partial charge is 0.368 e. The van der Waals surface area contributed by atoms with Crippen molar-refractivity contribution in [2.24, 2.45) is 0 Å². The molecule has 0 radical (unpaired) electrons. The van der Waals surface area contributed by atoms with E-state index in [1.54, 1.807) is 18.2 Å². The molecule has 0 saturated carbocycles. The summed E-state index contributed by atoms with van der Waals surface area (Å²) < 4.78 is 54.3. The summed E-state index contributed by atoms with van der Waals surface area (Å²) >= 11 is 3.42. The molecule has 2 aromatic rings. The number of anilines is 1. The highest BCUT2D eigenvalue weighted by Gasteiger charge is 2.31. The van der Waals surface area contributed by atoms with Gasteiger partial charge in [0.05, 0.1) is 17.3 Å². The van der Waals surface area contributed by atoms with Crippen LogP contribution in [0.3, 0.4) is 0 Å². The zero-order valence-corrected chi connectivity index (χ0v) is 15.9. The van der Waals surface area contributed by atoms with E-state index in [1.807, 2.05) is 4.90 Å². The standard InChI is InChI=1S/C17H14BrF2N3O2S/c18-14-9-12(11-21)1-4-16(14)22-5-7-23(8-6-22)26(24,25)17-10-13(19)2-3-15(17)20/h1-4,9-10H,5-8H2. The lowest BCUT2D eigenvalue weighted by Gasteiger charge is -2.35. The summed E-state index contributed by atoms with van der Waals surface area (Å²) in [4.78, 5) is 1.32. The number of hydrogen-bond donors (Lipinski definition) is 0. The Balaban J connectivity index is 1.78. The first-order chi connectivity index (χ1) is 12.3. The van der Waals surface area contributed by atoms with Crippen LogP contribution in [0.5, 0.6) is 0 Å². The lowest BCUT2D eigenvalue weighted by atomic mass is 10.2. The van der Waals surface area contributed by atoms with Crippen LogP contribution in [-0.2, 0) is 10.0 Å². The lowest BCUT2D eigenvalue weighted by molar-refractivity contribution is 0.382. The molecular formula is C17H14BrF2N3O2S. The van der Waals surface area contributed by atoms with Gasteiger partial charge in [0.25, 0.3) is 0 Å². The first-order valence-corrected chi connectivity index (χ1v) is 9.96. The Kier molecular flexibility index (Phi) is 5.27. The number of halogens is 3. The third-order valence-corrected chi connectivity index (χ3v) is 6.72. The number of sulfonamides is 1. The second kappa shape index (κ2) is 7.31. The van der Waals surface area contributed by atoms with Gasteiger partial charge >= 0.3 is 0 Å². The van der Waals surface area contributed by atoms with Crippen LogP contribution in [0.25, 0.3) is 0 Å². The smallest absolute Gasteiger partial charge is 0.246 e. The van der Waals surface area contributed by atoms with Gasteiger partial charge in [-0.25, -0.2) is 17.2 Å². The van der Waals surface area contributed by atoms with Gasteiger partial charge in [-0.05, 0) is 52.3 Å². The summed E-state index contributed by atoms with van der Waals surface area (Å²) in [5.74, 6) is -1.77. The fourth-order valence-corrected chi connectivity index (χ4v) is 4.94. The van der Waals surface area contributed by atoms with Gasteiger partial charge < -0.3 is 4.90 Å². The molecule has 2 aromatic carbocycles. The van der Waals surface area contributed by atoms with Crippen LogP contribution in [-0.4, -0.2) is 38.9 Å². The number of rotatable bonds is 3. The van der Waals surface area contributed by atoms with Crippen molar-refractivity contribution in [2.75, 3.05) is 31.1 Å². The summed E-state index contributed by atoms with van der Waals surface area (Å²) in [5, 5.41) is 8.92. The average Bonchev–Trinajstić information content (AvgIpc) is 2.63. The molecule has 0 unspecified atom stereocenters. The monoisotopic (exact) mass is 441 g/mol. The molecule has 0 atom stereocenters. The molecule has 0 bridgehead atoms. The highest BCUT2D eigenvalue weighted by Crippen LogP contribution is 2.29. The molecule has 3 rings (SSSR count). The van der Waals surface area contributed by atoms with Crippen LogP contribution in [0.1, 0.15) is 5.56 Å². The van der Waals surface area contributed by atoms with E-state index >= 15 is 0 Å². The number of piperazine rings is 1. The first kappa shape index (κ1) is 18.8. The molecule has 26 heavy (non-hydrogen) atoms. The van der Waals surface area contributed by atoms with Crippen molar-refractivity contribution >= 4 is 31.6 Å². The van der Waals surface area contributed by atoms with E-state index in [0.717, 1.165) is 26.6 Å². The van der Waals surface area contributed by atoms with E-state index in [2.05, 4.69) is 22.0 Å². The maximum absolute atomic E-state index is 13.9.